The number of hydrogen-bond donors (Lipinski definition) is 4. The zero-order valence-electron chi connectivity index (χ0n) is 37.1. The van der Waals surface area contributed by atoms with Gasteiger partial charge in [-0.25, -0.2) is 33.7 Å². The number of nitrogens with zero attached hydrogens (tertiary/aromatic N) is 4. The topological polar surface area (TPSA) is 299 Å². The Morgan fingerprint density at radius 1 is 0.329 bits per heavy atom. The molecular weight excluding hydrogens is 1170 g/mol. The van der Waals surface area contributed by atoms with Gasteiger partial charge in [0, 0.05) is 65.1 Å². The molecule has 4 aromatic carbocycles. The third-order valence-electron chi connectivity index (χ3n) is 11.4. The zero-order valence-corrected chi connectivity index (χ0v) is 43.7. The molecular formula is C44H52N4O16Rh2S4. The van der Waals surface area contributed by atoms with Crippen LogP contribution in [0, 0.1) is 0 Å². The van der Waals surface area contributed by atoms with E-state index >= 15 is 0 Å². The maximum Gasteiger partial charge on any atom is 0.322 e. The largest absolute Gasteiger partial charge is 0.480 e. The van der Waals surface area contributed by atoms with E-state index in [0.717, 1.165) is 17.2 Å². The second-order valence-corrected chi connectivity index (χ2v) is 23.3. The van der Waals surface area contributed by atoms with Crippen LogP contribution in [-0.4, -0.2) is 146 Å². The van der Waals surface area contributed by atoms with E-state index in [1.807, 2.05) is 0 Å². The molecule has 4 heterocycles. The van der Waals surface area contributed by atoms with Gasteiger partial charge in [0.15, 0.2) is 0 Å². The Labute approximate surface area is 433 Å². The summed E-state index contributed by atoms with van der Waals surface area (Å²) in [5.74, 6) is -4.33. The molecule has 4 aliphatic rings. The second-order valence-electron chi connectivity index (χ2n) is 15.7. The van der Waals surface area contributed by atoms with Gasteiger partial charge in [0.05, 0.1) is 19.6 Å². The zero-order chi connectivity index (χ0) is 49.9. The summed E-state index contributed by atoms with van der Waals surface area (Å²) in [6.07, 6.45) is 3.85. The van der Waals surface area contributed by atoms with Crippen LogP contribution in [0.4, 0.5) is 0 Å². The van der Waals surface area contributed by atoms with Crippen LogP contribution in [0.15, 0.2) is 141 Å². The summed E-state index contributed by atoms with van der Waals surface area (Å²) in [4.78, 5) is 44.5. The molecule has 20 nitrogen and oxygen atoms in total. The van der Waals surface area contributed by atoms with Crippen molar-refractivity contribution in [2.75, 3.05) is 26.2 Å². The summed E-state index contributed by atoms with van der Waals surface area (Å²) in [5.41, 5.74) is 0. The normalized spacial score (nSPS) is 20.9. The maximum absolute atomic E-state index is 12.2. The van der Waals surface area contributed by atoms with Crippen molar-refractivity contribution in [3.63, 3.8) is 0 Å². The van der Waals surface area contributed by atoms with Crippen LogP contribution in [-0.2, 0) is 98.2 Å². The van der Waals surface area contributed by atoms with E-state index in [1.165, 1.54) is 48.5 Å². The Hall–Kier alpha value is -4.35. The van der Waals surface area contributed by atoms with Gasteiger partial charge in [0.25, 0.3) is 0 Å². The summed E-state index contributed by atoms with van der Waals surface area (Å²) < 4.78 is 102. The molecule has 0 saturated carbocycles. The Bertz CT molecular complexity index is 2450. The average molecular weight is 1230 g/mol. The number of rotatable bonds is 12. The van der Waals surface area contributed by atoms with E-state index in [1.54, 1.807) is 72.8 Å². The van der Waals surface area contributed by atoms with E-state index in [0.29, 0.717) is 51.4 Å². The molecule has 4 N–H and O–H groups in total. The van der Waals surface area contributed by atoms with Crippen molar-refractivity contribution in [2.24, 2.45) is 0 Å². The van der Waals surface area contributed by atoms with Crippen LogP contribution in [0.2, 0.25) is 0 Å². The van der Waals surface area contributed by atoms with Crippen molar-refractivity contribution < 1.29 is 112 Å². The van der Waals surface area contributed by atoms with Crippen molar-refractivity contribution in [3.8, 4) is 0 Å². The van der Waals surface area contributed by atoms with Gasteiger partial charge in [-0.2, -0.15) is 17.2 Å². The molecule has 4 atom stereocenters. The molecule has 0 bridgehead atoms. The van der Waals surface area contributed by atoms with Crippen LogP contribution in [0.3, 0.4) is 0 Å². The van der Waals surface area contributed by atoms with Crippen molar-refractivity contribution in [2.45, 2.75) is 95.1 Å². The van der Waals surface area contributed by atoms with Crippen LogP contribution in [0.25, 0.3) is 0 Å². The third-order valence-corrected chi connectivity index (χ3v) is 19.0. The van der Waals surface area contributed by atoms with E-state index in [-0.39, 0.29) is 84.7 Å². The summed E-state index contributed by atoms with van der Waals surface area (Å²) in [6.45, 7) is 1.09. The molecule has 386 valence electrons. The first-order valence-corrected chi connectivity index (χ1v) is 27.1. The molecule has 70 heavy (non-hydrogen) atoms. The van der Waals surface area contributed by atoms with E-state index in [2.05, 4.69) is 0 Å². The van der Waals surface area contributed by atoms with Gasteiger partial charge in [-0.15, -0.1) is 0 Å². The van der Waals surface area contributed by atoms with Gasteiger partial charge in [0.2, 0.25) is 40.1 Å². The fourth-order valence-electron chi connectivity index (χ4n) is 8.01. The molecule has 26 heteroatoms. The minimum Gasteiger partial charge on any atom is -0.480 e. The quantitative estimate of drug-likeness (QED) is 0.147. The van der Waals surface area contributed by atoms with Gasteiger partial charge in [-0.05, 0) is 99.9 Å². The molecule has 4 aliphatic heterocycles. The van der Waals surface area contributed by atoms with E-state index in [4.69, 9.17) is 20.4 Å². The van der Waals surface area contributed by atoms with Gasteiger partial charge in [-0.3, -0.25) is 19.2 Å². The third kappa shape index (κ3) is 14.4. The first-order valence-electron chi connectivity index (χ1n) is 21.3. The Morgan fingerprint density at radius 2 is 0.486 bits per heavy atom. The minimum atomic E-state index is -3.68. The molecule has 0 aromatic heterocycles. The average Bonchev–Trinajstić information content (AvgIpc) is 4.18. The number of benzene rings is 4. The summed E-state index contributed by atoms with van der Waals surface area (Å²) >= 11 is 0. The summed E-state index contributed by atoms with van der Waals surface area (Å²) in [6, 6.07) is 28.0. The van der Waals surface area contributed by atoms with Crippen molar-refractivity contribution in [3.05, 3.63) is 121 Å². The van der Waals surface area contributed by atoms with Crippen molar-refractivity contribution in [1.82, 2.24) is 17.2 Å². The Balaban J connectivity index is 0.000000245. The number of sulfonamides is 4. The minimum absolute atomic E-state index is 0. The van der Waals surface area contributed by atoms with Crippen LogP contribution in [0.1, 0.15) is 51.4 Å². The molecule has 8 rings (SSSR count). The van der Waals surface area contributed by atoms with Crippen molar-refractivity contribution >= 4 is 64.0 Å². The Kier molecular flexibility index (Phi) is 22.6. The molecule has 4 aromatic rings. The monoisotopic (exact) mass is 1230 g/mol. The molecule has 2 radical (unpaired) electrons. The fourth-order valence-corrected chi connectivity index (χ4v) is 14.7. The fraction of sp³-hybridized carbons (Fsp3) is 0.364. The van der Waals surface area contributed by atoms with E-state index < -0.39 is 88.1 Å². The van der Waals surface area contributed by atoms with Crippen LogP contribution < -0.4 is 0 Å². The first kappa shape index (κ1) is 60.0. The predicted molar refractivity (Wildman–Crippen MR) is 244 cm³/mol. The maximum atomic E-state index is 12.2. The number of aliphatic carboxylic acids is 4. The molecule has 4 unspecified atom stereocenters. The van der Waals surface area contributed by atoms with Gasteiger partial charge in [0.1, 0.15) is 24.2 Å². The van der Waals surface area contributed by atoms with Crippen LogP contribution >= 0.6 is 0 Å². The predicted octanol–water partition coefficient (Wildman–Crippen LogP) is 3.69. The summed E-state index contributed by atoms with van der Waals surface area (Å²) in [5, 5.41) is 36.0. The molecule has 0 spiro atoms. The molecule has 0 aliphatic carbocycles. The smallest absolute Gasteiger partial charge is 0.322 e. The SMILES string of the molecule is O=C(O)C1CCCN1S(=O)(=O)c1ccccc1.O=C(O)C1CCCN1S(=O)(=O)c1ccccc1.O=C(O)C1CCCN1S(=O)(=O)c1ccccc1.O=C(O)C1CCCN1S(=O)(=O)c1ccccc1.[Rh].[Rh]. The number of hydrogen-bond acceptors (Lipinski definition) is 12. The number of carboxylic acid groups (broad SMARTS) is 4. The molecule has 4 saturated heterocycles. The number of carboxylic acids is 4. The van der Waals surface area contributed by atoms with Crippen LogP contribution in [0.5, 0.6) is 0 Å². The van der Waals surface area contributed by atoms with E-state index in [9.17, 15) is 52.8 Å². The summed E-state index contributed by atoms with van der Waals surface area (Å²) in [7, 11) is -14.7. The first-order chi connectivity index (χ1) is 32.1. The van der Waals surface area contributed by atoms with Crippen molar-refractivity contribution in [1.29, 1.82) is 0 Å². The molecule has 4 fully saturated rings. The second kappa shape index (κ2) is 26.4. The molecule has 0 amide bonds. The number of carbonyl (C=O) groups is 4. The Morgan fingerprint density at radius 3 is 0.629 bits per heavy atom. The standard InChI is InChI=1S/4C11H13NO4S.2Rh/c4*13-11(14)10-7-4-8-12(10)17(15,16)9-5-2-1-3-6-9;;/h4*1-3,5-6,10H,4,7-8H2,(H,13,14);;. The van der Waals surface area contributed by atoms with Gasteiger partial charge >= 0.3 is 23.9 Å². The van der Waals surface area contributed by atoms with Gasteiger partial charge < -0.3 is 20.4 Å². The van der Waals surface area contributed by atoms with Gasteiger partial charge in [-0.1, -0.05) is 72.8 Å².